The van der Waals surface area contributed by atoms with E-state index in [1.165, 1.54) is 6.26 Å². The third kappa shape index (κ3) is 3.66. The number of nitrogens with zero attached hydrogens (tertiary/aromatic N) is 3. The monoisotopic (exact) mass is 373 g/mol. The van der Waals surface area contributed by atoms with Gasteiger partial charge in [0.05, 0.1) is 18.5 Å². The van der Waals surface area contributed by atoms with Crippen LogP contribution in [0.2, 0.25) is 0 Å². The molecule has 0 saturated carbocycles. The third-order valence-corrected chi connectivity index (χ3v) is 6.33. The quantitative estimate of drug-likeness (QED) is 0.886. The highest BCUT2D eigenvalue weighted by Crippen LogP contribution is 2.45. The first-order valence-corrected chi connectivity index (χ1v) is 9.68. The van der Waals surface area contributed by atoms with Crippen LogP contribution in [0.5, 0.6) is 0 Å². The number of aryl methyl sites for hydroxylation is 1. The topological polar surface area (TPSA) is 83.0 Å². The summed E-state index contributed by atoms with van der Waals surface area (Å²) in [6, 6.07) is 5.41. The van der Waals surface area contributed by atoms with Gasteiger partial charge >= 0.3 is 0 Å². The highest BCUT2D eigenvalue weighted by Gasteiger charge is 2.45. The van der Waals surface area contributed by atoms with Crippen molar-refractivity contribution in [1.29, 1.82) is 0 Å². The molecule has 2 aliphatic rings. The van der Waals surface area contributed by atoms with Gasteiger partial charge in [0.25, 0.3) is 5.91 Å². The van der Waals surface area contributed by atoms with Crippen LogP contribution in [0.25, 0.3) is 0 Å². The van der Waals surface area contributed by atoms with Gasteiger partial charge in [-0.1, -0.05) is 5.16 Å². The highest BCUT2D eigenvalue weighted by atomic mass is 16.5. The average molecular weight is 373 g/mol. The van der Waals surface area contributed by atoms with E-state index in [1.807, 2.05) is 17.9 Å². The van der Waals surface area contributed by atoms with Gasteiger partial charge in [0.15, 0.2) is 11.5 Å². The molecule has 1 amide bonds. The minimum atomic E-state index is -0.0774. The largest absolute Gasteiger partial charge is 0.459 e. The number of furan rings is 1. The van der Waals surface area contributed by atoms with Crippen LogP contribution in [0.4, 0.5) is 0 Å². The SMILES string of the molecule is Cc1cc(CN2CCC3(CC2)CCN(C(=O)c2ccco2)C[C@@H]3CO)on1. The summed E-state index contributed by atoms with van der Waals surface area (Å²) < 4.78 is 10.6. The van der Waals surface area contributed by atoms with Gasteiger partial charge in [-0.2, -0.15) is 0 Å². The molecular weight excluding hydrogens is 346 g/mol. The van der Waals surface area contributed by atoms with Gasteiger partial charge in [-0.05, 0) is 56.8 Å². The number of likely N-dealkylation sites (tertiary alicyclic amines) is 2. The van der Waals surface area contributed by atoms with Crippen molar-refractivity contribution < 1.29 is 18.8 Å². The summed E-state index contributed by atoms with van der Waals surface area (Å²) in [6.45, 7) is 6.09. The summed E-state index contributed by atoms with van der Waals surface area (Å²) in [4.78, 5) is 16.8. The van der Waals surface area contributed by atoms with Crippen LogP contribution in [0, 0.1) is 18.3 Å². The summed E-state index contributed by atoms with van der Waals surface area (Å²) in [5.74, 6) is 1.31. The fraction of sp³-hybridized carbons (Fsp3) is 0.600. The Morgan fingerprint density at radius 3 is 2.74 bits per heavy atom. The Balaban J connectivity index is 1.37. The molecule has 4 rings (SSSR count). The maximum Gasteiger partial charge on any atom is 0.289 e. The molecular formula is C20H27N3O4. The molecule has 4 heterocycles. The van der Waals surface area contributed by atoms with Gasteiger partial charge in [0.2, 0.25) is 0 Å². The molecule has 2 saturated heterocycles. The maximum absolute atomic E-state index is 12.6. The molecule has 0 aliphatic carbocycles. The summed E-state index contributed by atoms with van der Waals surface area (Å²) >= 11 is 0. The Morgan fingerprint density at radius 1 is 1.33 bits per heavy atom. The zero-order chi connectivity index (χ0) is 18.9. The van der Waals surface area contributed by atoms with Crippen molar-refractivity contribution in [2.75, 3.05) is 32.8 Å². The van der Waals surface area contributed by atoms with Crippen LogP contribution in [0.15, 0.2) is 33.4 Å². The van der Waals surface area contributed by atoms with Crippen molar-refractivity contribution in [2.24, 2.45) is 11.3 Å². The van der Waals surface area contributed by atoms with E-state index in [1.54, 1.807) is 12.1 Å². The number of aromatic nitrogens is 1. The number of rotatable bonds is 4. The Hall–Kier alpha value is -2.12. The van der Waals surface area contributed by atoms with Crippen molar-refractivity contribution in [3.05, 3.63) is 41.7 Å². The Bertz CT molecular complexity index is 762. The molecule has 0 bridgehead atoms. The van der Waals surface area contributed by atoms with Crippen molar-refractivity contribution >= 4 is 5.91 Å². The predicted molar refractivity (Wildman–Crippen MR) is 98.0 cm³/mol. The second kappa shape index (κ2) is 7.48. The van der Waals surface area contributed by atoms with E-state index in [2.05, 4.69) is 10.1 Å². The molecule has 1 N–H and O–H groups in total. The van der Waals surface area contributed by atoms with Gasteiger partial charge < -0.3 is 18.9 Å². The number of aliphatic hydroxyl groups excluding tert-OH is 1. The molecule has 0 radical (unpaired) electrons. The number of hydrogen-bond acceptors (Lipinski definition) is 6. The lowest BCUT2D eigenvalue weighted by Gasteiger charge is -2.51. The molecule has 2 aromatic heterocycles. The molecule has 7 heteroatoms. The van der Waals surface area contributed by atoms with E-state index in [9.17, 15) is 9.90 Å². The van der Waals surface area contributed by atoms with Crippen LogP contribution < -0.4 is 0 Å². The standard InChI is InChI=1S/C20H27N3O4/c1-15-11-17(27-21-15)13-22-7-4-20(5-8-22)6-9-23(12-16(20)14-24)19(25)18-3-2-10-26-18/h2-3,10-11,16,24H,4-9,12-14H2,1H3/t16-/m1/s1. The van der Waals surface area contributed by atoms with Crippen LogP contribution in [0.1, 0.15) is 41.3 Å². The van der Waals surface area contributed by atoms with Crippen molar-refractivity contribution in [3.63, 3.8) is 0 Å². The minimum Gasteiger partial charge on any atom is -0.459 e. The molecule has 2 aliphatic heterocycles. The smallest absolute Gasteiger partial charge is 0.289 e. The van der Waals surface area contributed by atoms with E-state index in [0.717, 1.165) is 56.9 Å². The minimum absolute atomic E-state index is 0.0774. The van der Waals surface area contributed by atoms with Gasteiger partial charge in [0.1, 0.15) is 0 Å². The number of aliphatic hydroxyl groups is 1. The second-order valence-electron chi connectivity index (χ2n) is 7.93. The van der Waals surface area contributed by atoms with E-state index >= 15 is 0 Å². The lowest BCUT2D eigenvalue weighted by molar-refractivity contribution is -0.0380. The van der Waals surface area contributed by atoms with Crippen molar-refractivity contribution in [3.8, 4) is 0 Å². The zero-order valence-corrected chi connectivity index (χ0v) is 15.8. The van der Waals surface area contributed by atoms with Gasteiger partial charge in [-0.15, -0.1) is 0 Å². The number of amides is 1. The van der Waals surface area contributed by atoms with E-state index in [-0.39, 0.29) is 23.8 Å². The third-order valence-electron chi connectivity index (χ3n) is 6.33. The molecule has 2 aromatic rings. The first kappa shape index (κ1) is 18.3. The lowest BCUT2D eigenvalue weighted by atomic mass is 9.64. The lowest BCUT2D eigenvalue weighted by Crippen LogP contribution is -2.54. The highest BCUT2D eigenvalue weighted by molar-refractivity contribution is 5.91. The molecule has 0 unspecified atom stereocenters. The molecule has 1 spiro atoms. The maximum atomic E-state index is 12.6. The molecule has 0 aromatic carbocycles. The number of piperidine rings is 2. The first-order chi connectivity index (χ1) is 13.1. The second-order valence-corrected chi connectivity index (χ2v) is 7.93. The predicted octanol–water partition coefficient (Wildman–Crippen LogP) is 2.31. The molecule has 7 nitrogen and oxygen atoms in total. The summed E-state index contributed by atoms with van der Waals surface area (Å²) in [5, 5.41) is 14.0. The number of carbonyl (C=O) groups is 1. The zero-order valence-electron chi connectivity index (χ0n) is 15.8. The van der Waals surface area contributed by atoms with Crippen molar-refractivity contribution in [1.82, 2.24) is 15.0 Å². The van der Waals surface area contributed by atoms with Gasteiger partial charge in [0, 0.05) is 31.7 Å². The Morgan fingerprint density at radius 2 is 2.11 bits per heavy atom. The summed E-state index contributed by atoms with van der Waals surface area (Å²) in [6.07, 6.45) is 4.52. The van der Waals surface area contributed by atoms with E-state index in [4.69, 9.17) is 8.94 Å². The van der Waals surface area contributed by atoms with E-state index < -0.39 is 0 Å². The number of hydrogen-bond donors (Lipinski definition) is 1. The van der Waals surface area contributed by atoms with Crippen LogP contribution in [-0.4, -0.2) is 58.8 Å². The first-order valence-electron chi connectivity index (χ1n) is 9.68. The molecule has 2 fully saturated rings. The van der Waals surface area contributed by atoms with Gasteiger partial charge in [-0.3, -0.25) is 9.69 Å². The van der Waals surface area contributed by atoms with Gasteiger partial charge in [-0.25, -0.2) is 0 Å². The summed E-state index contributed by atoms with van der Waals surface area (Å²) in [5.41, 5.74) is 1.02. The number of carbonyl (C=O) groups excluding carboxylic acids is 1. The molecule has 27 heavy (non-hydrogen) atoms. The molecule has 146 valence electrons. The van der Waals surface area contributed by atoms with E-state index in [0.29, 0.717) is 12.3 Å². The fourth-order valence-corrected chi connectivity index (χ4v) is 4.63. The van der Waals surface area contributed by atoms with Crippen LogP contribution >= 0.6 is 0 Å². The van der Waals surface area contributed by atoms with Crippen LogP contribution in [0.3, 0.4) is 0 Å². The fourth-order valence-electron chi connectivity index (χ4n) is 4.63. The normalized spacial score (nSPS) is 23.0. The average Bonchev–Trinajstić information content (AvgIpc) is 3.35. The Labute approximate surface area is 158 Å². The summed E-state index contributed by atoms with van der Waals surface area (Å²) in [7, 11) is 0. The Kier molecular flexibility index (Phi) is 5.06. The van der Waals surface area contributed by atoms with Crippen LogP contribution in [-0.2, 0) is 6.54 Å². The molecule has 1 atom stereocenters. The van der Waals surface area contributed by atoms with Crippen molar-refractivity contribution in [2.45, 2.75) is 32.7 Å².